The average Bonchev–Trinajstić information content (AvgIpc) is 2.44. The van der Waals surface area contributed by atoms with E-state index in [-0.39, 0.29) is 26.0 Å². The van der Waals surface area contributed by atoms with Gasteiger partial charge in [-0.2, -0.15) is 0 Å². The van der Waals surface area contributed by atoms with Gasteiger partial charge in [0, 0.05) is 29.2 Å². The van der Waals surface area contributed by atoms with E-state index >= 15 is 0 Å². The Balaban J connectivity index is 0.00000112. The van der Waals surface area contributed by atoms with E-state index < -0.39 is 0 Å². The molecule has 1 heterocycles. The molecule has 2 nitrogen and oxygen atoms in total. The molecule has 0 N–H and O–H groups in total. The number of benzene rings is 1. The fraction of sp³-hybridized carbons (Fsp3) is 0.167. The number of hydrogen-bond acceptors (Lipinski definition) is 1. The van der Waals surface area contributed by atoms with Gasteiger partial charge in [-0.05, 0) is 17.7 Å². The molecule has 0 fully saturated rings. The van der Waals surface area contributed by atoms with E-state index in [1.807, 2.05) is 42.3 Å². The van der Waals surface area contributed by atoms with E-state index in [1.165, 1.54) is 0 Å². The Morgan fingerprint density at radius 2 is 2.12 bits per heavy atom. The quantitative estimate of drug-likeness (QED) is 0.771. The summed E-state index contributed by atoms with van der Waals surface area (Å²) in [5, 5.41) is 1.78. The molecule has 0 atom stereocenters. The summed E-state index contributed by atoms with van der Waals surface area (Å²) in [4.78, 5) is 10.3. The summed E-state index contributed by atoms with van der Waals surface area (Å²) < 4.78 is 1.97. The van der Waals surface area contributed by atoms with Crippen LogP contribution in [0.3, 0.4) is 0 Å². The summed E-state index contributed by atoms with van der Waals surface area (Å²) in [6, 6.07) is 5.66. The van der Waals surface area contributed by atoms with Crippen LogP contribution in [0.4, 0.5) is 0 Å². The number of hydrogen-bond donors (Lipinski definition) is 0. The molecule has 1 aromatic carbocycles. The molecule has 83 valence electrons. The molecule has 0 amide bonds. The minimum atomic E-state index is 0. The Hall–Kier alpha value is -0.696. The first kappa shape index (κ1) is 15.3. The Labute approximate surface area is 112 Å². The van der Waals surface area contributed by atoms with E-state index in [1.54, 1.807) is 0 Å². The maximum absolute atomic E-state index is 10.3. The second kappa shape index (κ2) is 6.14. The molecule has 0 saturated heterocycles. The Kier molecular flexibility index (Phi) is 5.87. The SMILES string of the molecule is Cn1cc(C[C-]=O)c2ccc(Cl)cc21.[CH3-].[V+2]. The molecule has 2 aromatic rings. The zero-order chi connectivity index (χ0) is 10.1. The predicted octanol–water partition coefficient (Wildman–Crippen LogP) is 2.93. The largest absolute Gasteiger partial charge is 2.00 e. The van der Waals surface area contributed by atoms with E-state index in [4.69, 9.17) is 11.6 Å². The second-order valence-corrected chi connectivity index (χ2v) is 3.68. The number of aromatic nitrogens is 1. The molecule has 16 heavy (non-hydrogen) atoms. The summed E-state index contributed by atoms with van der Waals surface area (Å²) >= 11 is 5.89. The van der Waals surface area contributed by atoms with Crippen LogP contribution in [0.25, 0.3) is 10.9 Å². The number of nitrogens with zero attached hydrogens (tertiary/aromatic N) is 1. The molecule has 0 aliphatic heterocycles. The number of halogens is 1. The first-order valence-corrected chi connectivity index (χ1v) is 4.68. The first-order valence-electron chi connectivity index (χ1n) is 4.31. The van der Waals surface area contributed by atoms with Crippen LogP contribution in [0.5, 0.6) is 0 Å². The van der Waals surface area contributed by atoms with E-state index in [0.717, 1.165) is 16.5 Å². The first-order chi connectivity index (χ1) is 6.72. The topological polar surface area (TPSA) is 22.0 Å². The standard InChI is InChI=1S/C11H9ClNO.CH3.V/c1-13-7-8(4-5-14)10-3-2-9(12)6-11(10)13;;/h2-3,6-7H,4H2,1H3;1H3;/q2*-1;+2. The summed E-state index contributed by atoms with van der Waals surface area (Å²) in [5.41, 5.74) is 2.04. The van der Waals surface area contributed by atoms with Crippen molar-refractivity contribution in [3.8, 4) is 0 Å². The zero-order valence-corrected chi connectivity index (χ0v) is 11.3. The third kappa shape index (κ3) is 2.70. The maximum Gasteiger partial charge on any atom is 2.00 e. The van der Waals surface area contributed by atoms with Gasteiger partial charge in [0.15, 0.2) is 0 Å². The van der Waals surface area contributed by atoms with Gasteiger partial charge in [0.25, 0.3) is 0 Å². The van der Waals surface area contributed by atoms with Crippen molar-refractivity contribution in [1.82, 2.24) is 4.57 Å². The summed E-state index contributed by atoms with van der Waals surface area (Å²) in [5.74, 6) is 0. The molecular formula is C12H12ClNOV. The second-order valence-electron chi connectivity index (χ2n) is 3.25. The smallest absolute Gasteiger partial charge is 0.541 e. The molecule has 0 spiro atoms. The average molecular weight is 273 g/mol. The minimum absolute atomic E-state index is 0. The maximum atomic E-state index is 10.3. The summed E-state index contributed by atoms with van der Waals surface area (Å²) in [6.07, 6.45) is 4.18. The van der Waals surface area contributed by atoms with Gasteiger partial charge in [-0.15, -0.1) is 6.42 Å². The van der Waals surface area contributed by atoms with Crippen molar-refractivity contribution >= 4 is 28.8 Å². The fourth-order valence-electron chi connectivity index (χ4n) is 1.66. The van der Waals surface area contributed by atoms with Crippen LogP contribution in [0.15, 0.2) is 24.4 Å². The molecule has 0 saturated carbocycles. The molecule has 0 bridgehead atoms. The van der Waals surface area contributed by atoms with Crippen LogP contribution >= 0.6 is 11.6 Å². The molecule has 1 radical (unpaired) electrons. The van der Waals surface area contributed by atoms with Crippen LogP contribution in [0.1, 0.15) is 5.56 Å². The number of fused-ring (bicyclic) bond motifs is 1. The van der Waals surface area contributed by atoms with Crippen molar-refractivity contribution in [1.29, 1.82) is 0 Å². The Morgan fingerprint density at radius 3 is 2.75 bits per heavy atom. The van der Waals surface area contributed by atoms with Gasteiger partial charge in [-0.25, -0.2) is 0 Å². The fourth-order valence-corrected chi connectivity index (χ4v) is 1.83. The molecule has 4 heteroatoms. The van der Waals surface area contributed by atoms with Crippen LogP contribution in [-0.4, -0.2) is 10.9 Å². The Morgan fingerprint density at radius 1 is 1.44 bits per heavy atom. The molecule has 0 unspecified atom stereocenters. The van der Waals surface area contributed by atoms with Crippen LogP contribution in [0, 0.1) is 7.43 Å². The van der Waals surface area contributed by atoms with Crippen molar-refractivity contribution in [3.05, 3.63) is 42.4 Å². The van der Waals surface area contributed by atoms with Crippen molar-refractivity contribution in [2.24, 2.45) is 7.05 Å². The van der Waals surface area contributed by atoms with Crippen LogP contribution in [0.2, 0.25) is 5.02 Å². The van der Waals surface area contributed by atoms with E-state index in [2.05, 4.69) is 0 Å². The summed E-state index contributed by atoms with van der Waals surface area (Å²) in [7, 11) is 1.94. The predicted molar refractivity (Wildman–Crippen MR) is 63.7 cm³/mol. The molecule has 2 rings (SSSR count). The monoisotopic (exact) mass is 272 g/mol. The van der Waals surface area contributed by atoms with Crippen molar-refractivity contribution < 1.29 is 23.4 Å². The Bertz CT molecular complexity index is 493. The van der Waals surface area contributed by atoms with Crippen LogP contribution in [-0.2, 0) is 36.8 Å². The van der Waals surface area contributed by atoms with Gasteiger partial charge >= 0.3 is 18.6 Å². The van der Waals surface area contributed by atoms with Crippen LogP contribution < -0.4 is 0 Å². The number of carbonyl (C=O) groups excluding carboxylic acids is 1. The third-order valence-electron chi connectivity index (χ3n) is 2.30. The number of rotatable bonds is 2. The van der Waals surface area contributed by atoms with Crippen molar-refractivity contribution in [2.75, 3.05) is 0 Å². The van der Waals surface area contributed by atoms with Gasteiger partial charge in [0.1, 0.15) is 0 Å². The number of aryl methyl sites for hydroxylation is 1. The van der Waals surface area contributed by atoms with Crippen molar-refractivity contribution in [2.45, 2.75) is 6.42 Å². The van der Waals surface area contributed by atoms with Gasteiger partial charge in [0.2, 0.25) is 0 Å². The van der Waals surface area contributed by atoms with E-state index in [0.29, 0.717) is 11.4 Å². The molecule has 0 aliphatic carbocycles. The normalized spacial score (nSPS) is 9.38. The van der Waals surface area contributed by atoms with Crippen molar-refractivity contribution in [3.63, 3.8) is 0 Å². The van der Waals surface area contributed by atoms with Gasteiger partial charge < -0.3 is 16.8 Å². The minimum Gasteiger partial charge on any atom is -0.541 e. The molecule has 1 aromatic heterocycles. The molecular weight excluding hydrogens is 261 g/mol. The third-order valence-corrected chi connectivity index (χ3v) is 2.53. The summed E-state index contributed by atoms with van der Waals surface area (Å²) in [6.45, 7) is 0. The zero-order valence-electron chi connectivity index (χ0n) is 9.20. The van der Waals surface area contributed by atoms with Gasteiger partial charge in [-0.1, -0.05) is 17.7 Å². The molecule has 0 aliphatic rings. The van der Waals surface area contributed by atoms with Gasteiger partial charge in [0.05, 0.1) is 0 Å². The van der Waals surface area contributed by atoms with E-state index in [9.17, 15) is 4.79 Å². The van der Waals surface area contributed by atoms with Gasteiger partial charge in [-0.3, -0.25) is 6.29 Å².